The highest BCUT2D eigenvalue weighted by Gasteiger charge is 2.05. The van der Waals surface area contributed by atoms with Gasteiger partial charge in [0.2, 0.25) is 0 Å². The van der Waals surface area contributed by atoms with Crippen molar-refractivity contribution in [1.82, 2.24) is 4.98 Å². The molecule has 0 radical (unpaired) electrons. The van der Waals surface area contributed by atoms with Crippen LogP contribution in [0.1, 0.15) is 16.8 Å². The molecule has 1 heterocycles. The number of benzene rings is 1. The van der Waals surface area contributed by atoms with Crippen LogP contribution >= 0.6 is 11.6 Å². The number of nitroso groups, excluding NO2 is 1. The molecule has 3 nitrogen and oxygen atoms in total. The molecule has 1 unspecified atom stereocenters. The van der Waals surface area contributed by atoms with Crippen LogP contribution in [0.15, 0.2) is 53.8 Å². The van der Waals surface area contributed by atoms with Crippen LogP contribution in [0.4, 0.5) is 0 Å². The lowest BCUT2D eigenvalue weighted by molar-refractivity contribution is 0.877. The van der Waals surface area contributed by atoms with Crippen LogP contribution in [0.25, 0.3) is 0 Å². The van der Waals surface area contributed by atoms with E-state index in [4.69, 9.17) is 11.6 Å². The number of alkyl halides is 1. The van der Waals surface area contributed by atoms with Gasteiger partial charge in [0.15, 0.2) is 5.50 Å². The molecule has 0 amide bonds. The molecule has 1 aromatic heterocycles. The van der Waals surface area contributed by atoms with Gasteiger partial charge >= 0.3 is 0 Å². The Labute approximate surface area is 117 Å². The normalized spacial score (nSPS) is 12.1. The first kappa shape index (κ1) is 13.7. The van der Waals surface area contributed by atoms with E-state index >= 15 is 0 Å². The average Bonchev–Trinajstić information content (AvgIpc) is 2.47. The lowest BCUT2D eigenvalue weighted by Crippen LogP contribution is -1.99. The van der Waals surface area contributed by atoms with Gasteiger partial charge in [-0.25, -0.2) is 0 Å². The Morgan fingerprint density at radius 1 is 1.05 bits per heavy atom. The van der Waals surface area contributed by atoms with Gasteiger partial charge in [-0.05, 0) is 41.3 Å². The zero-order chi connectivity index (χ0) is 13.5. The summed E-state index contributed by atoms with van der Waals surface area (Å²) < 4.78 is 0. The Hall–Kier alpha value is -1.74. The number of hydrogen-bond donors (Lipinski definition) is 0. The van der Waals surface area contributed by atoms with Crippen molar-refractivity contribution in [2.24, 2.45) is 5.18 Å². The molecule has 19 heavy (non-hydrogen) atoms. The summed E-state index contributed by atoms with van der Waals surface area (Å²) in [5.74, 6) is 0. The van der Waals surface area contributed by atoms with E-state index in [0.29, 0.717) is 6.42 Å². The summed E-state index contributed by atoms with van der Waals surface area (Å²) in [6, 6.07) is 14.1. The minimum absolute atomic E-state index is 0.478. The minimum atomic E-state index is -0.681. The fourth-order valence-electron chi connectivity index (χ4n) is 1.89. The van der Waals surface area contributed by atoms with E-state index in [1.54, 1.807) is 0 Å². The molecular formula is C15H15ClN2O. The summed E-state index contributed by atoms with van der Waals surface area (Å²) in [5, 5.41) is 2.79. The predicted octanol–water partition coefficient (Wildman–Crippen LogP) is 3.74. The Morgan fingerprint density at radius 2 is 1.79 bits per heavy atom. The third kappa shape index (κ3) is 4.45. The van der Waals surface area contributed by atoms with Crippen LogP contribution in [-0.2, 0) is 19.3 Å². The van der Waals surface area contributed by atoms with Crippen molar-refractivity contribution in [3.8, 4) is 0 Å². The number of rotatable bonds is 6. The molecule has 0 saturated carbocycles. The van der Waals surface area contributed by atoms with E-state index in [-0.39, 0.29) is 0 Å². The summed E-state index contributed by atoms with van der Waals surface area (Å²) in [5.41, 5.74) is 2.69. The van der Waals surface area contributed by atoms with E-state index in [2.05, 4.69) is 22.3 Å². The molecule has 4 heteroatoms. The van der Waals surface area contributed by atoms with Crippen LogP contribution in [-0.4, -0.2) is 10.5 Å². The monoisotopic (exact) mass is 274 g/mol. The maximum Gasteiger partial charge on any atom is 0.169 e. The first-order valence-corrected chi connectivity index (χ1v) is 6.66. The number of pyridine rings is 1. The fraction of sp³-hybridized carbons (Fsp3) is 0.267. The Morgan fingerprint density at radius 3 is 2.42 bits per heavy atom. The van der Waals surface area contributed by atoms with Crippen LogP contribution in [0.2, 0.25) is 0 Å². The number of hydrogen-bond acceptors (Lipinski definition) is 3. The van der Waals surface area contributed by atoms with Crippen molar-refractivity contribution in [1.29, 1.82) is 0 Å². The van der Waals surface area contributed by atoms with Crippen LogP contribution in [0.5, 0.6) is 0 Å². The first-order valence-electron chi connectivity index (χ1n) is 6.22. The lowest BCUT2D eigenvalue weighted by Gasteiger charge is -2.04. The van der Waals surface area contributed by atoms with Gasteiger partial charge in [-0.1, -0.05) is 41.9 Å². The zero-order valence-corrected chi connectivity index (χ0v) is 11.3. The SMILES string of the molecule is O=NC(Cl)Cc1ccc(CCc2ccccn2)cc1. The van der Waals surface area contributed by atoms with Crippen molar-refractivity contribution in [3.05, 3.63) is 70.4 Å². The maximum atomic E-state index is 10.2. The minimum Gasteiger partial charge on any atom is -0.261 e. The summed E-state index contributed by atoms with van der Waals surface area (Å²) in [7, 11) is 0. The number of aromatic nitrogens is 1. The highest BCUT2D eigenvalue weighted by Crippen LogP contribution is 2.12. The number of nitrogens with zero attached hydrogens (tertiary/aromatic N) is 2. The maximum absolute atomic E-state index is 10.2. The number of aryl methyl sites for hydroxylation is 2. The summed E-state index contributed by atoms with van der Waals surface area (Å²) in [6.07, 6.45) is 4.17. The van der Waals surface area contributed by atoms with Gasteiger partial charge in [-0.3, -0.25) is 4.98 Å². The predicted molar refractivity (Wildman–Crippen MR) is 77.2 cm³/mol. The second-order valence-electron chi connectivity index (χ2n) is 4.38. The zero-order valence-electron chi connectivity index (χ0n) is 10.5. The Bertz CT molecular complexity index is 513. The molecule has 0 N–H and O–H groups in total. The second kappa shape index (κ2) is 7.00. The smallest absolute Gasteiger partial charge is 0.169 e. The van der Waals surface area contributed by atoms with Gasteiger partial charge in [0.05, 0.1) is 0 Å². The molecule has 2 aromatic rings. The van der Waals surface area contributed by atoms with Gasteiger partial charge in [-0.2, -0.15) is 0 Å². The molecule has 0 aliphatic carbocycles. The van der Waals surface area contributed by atoms with E-state index in [1.807, 2.05) is 36.5 Å². The van der Waals surface area contributed by atoms with E-state index < -0.39 is 5.50 Å². The van der Waals surface area contributed by atoms with Crippen molar-refractivity contribution in [2.45, 2.75) is 24.8 Å². The van der Waals surface area contributed by atoms with E-state index in [0.717, 1.165) is 24.1 Å². The van der Waals surface area contributed by atoms with Crippen molar-refractivity contribution in [3.63, 3.8) is 0 Å². The highest BCUT2D eigenvalue weighted by atomic mass is 35.5. The highest BCUT2D eigenvalue weighted by molar-refractivity contribution is 6.20. The molecule has 1 aromatic carbocycles. The molecule has 0 bridgehead atoms. The third-order valence-corrected chi connectivity index (χ3v) is 3.17. The molecular weight excluding hydrogens is 260 g/mol. The summed E-state index contributed by atoms with van der Waals surface area (Å²) in [6.45, 7) is 0. The first-order chi connectivity index (χ1) is 9.28. The molecule has 98 valence electrons. The van der Waals surface area contributed by atoms with Gasteiger partial charge in [0.1, 0.15) is 0 Å². The van der Waals surface area contributed by atoms with Gasteiger partial charge in [-0.15, -0.1) is 4.91 Å². The molecule has 2 rings (SSSR count). The van der Waals surface area contributed by atoms with E-state index in [1.165, 1.54) is 5.56 Å². The molecule has 0 saturated heterocycles. The fourth-order valence-corrected chi connectivity index (χ4v) is 2.07. The van der Waals surface area contributed by atoms with Crippen LogP contribution in [0.3, 0.4) is 0 Å². The van der Waals surface area contributed by atoms with Crippen molar-refractivity contribution in [2.75, 3.05) is 0 Å². The second-order valence-corrected chi connectivity index (χ2v) is 4.89. The third-order valence-electron chi connectivity index (χ3n) is 2.94. The molecule has 0 aliphatic heterocycles. The topological polar surface area (TPSA) is 42.3 Å². The van der Waals surface area contributed by atoms with Gasteiger partial charge < -0.3 is 0 Å². The van der Waals surface area contributed by atoms with Crippen LogP contribution in [0, 0.1) is 4.91 Å². The van der Waals surface area contributed by atoms with Crippen molar-refractivity contribution >= 4 is 11.6 Å². The van der Waals surface area contributed by atoms with Crippen molar-refractivity contribution < 1.29 is 0 Å². The number of halogens is 1. The van der Waals surface area contributed by atoms with Gasteiger partial charge in [0.25, 0.3) is 0 Å². The Balaban J connectivity index is 1.90. The average molecular weight is 275 g/mol. The lowest BCUT2D eigenvalue weighted by atomic mass is 10.0. The van der Waals surface area contributed by atoms with Gasteiger partial charge in [0, 0.05) is 18.3 Å². The van der Waals surface area contributed by atoms with E-state index in [9.17, 15) is 4.91 Å². The molecule has 1 atom stereocenters. The Kier molecular flexibility index (Phi) is 5.04. The standard InChI is InChI=1S/C15H15ClN2O/c16-15(18-19)11-13-6-4-12(5-7-13)8-9-14-3-1-2-10-17-14/h1-7,10,15H,8-9,11H2. The largest absolute Gasteiger partial charge is 0.261 e. The summed E-state index contributed by atoms with van der Waals surface area (Å²) >= 11 is 5.69. The molecule has 0 fully saturated rings. The molecule has 0 aliphatic rings. The van der Waals surface area contributed by atoms with Crippen LogP contribution < -0.4 is 0 Å². The summed E-state index contributed by atoms with van der Waals surface area (Å²) in [4.78, 5) is 14.5. The molecule has 0 spiro atoms. The quantitative estimate of drug-likeness (QED) is 0.457.